The maximum Gasteiger partial charge on any atom is 0.410 e. The third-order valence-corrected chi connectivity index (χ3v) is 4.34. The third kappa shape index (κ3) is 7.53. The Hall–Kier alpha value is -2.35. The van der Waals surface area contributed by atoms with E-state index < -0.39 is 17.4 Å². The van der Waals surface area contributed by atoms with Crippen LogP contribution < -0.4 is 4.74 Å². The van der Waals surface area contributed by atoms with Crippen molar-refractivity contribution in [1.29, 1.82) is 0 Å². The van der Waals surface area contributed by atoms with Crippen LogP contribution in [-0.2, 0) is 9.47 Å². The predicted octanol–water partition coefficient (Wildman–Crippen LogP) is 3.32. The molecule has 1 aliphatic rings. The van der Waals surface area contributed by atoms with Gasteiger partial charge in [-0.1, -0.05) is 0 Å². The Kier molecular flexibility index (Phi) is 8.25. The lowest BCUT2D eigenvalue weighted by Crippen LogP contribution is -2.50. The number of carbonyl (C=O) groups is 2. The molecular formula is C21H31FN2O5. The molecule has 29 heavy (non-hydrogen) atoms. The fourth-order valence-corrected chi connectivity index (χ4v) is 2.91. The molecule has 1 amide bonds. The van der Waals surface area contributed by atoms with Gasteiger partial charge in [-0.25, -0.2) is 14.0 Å². The maximum atomic E-state index is 14.1. The molecule has 7 nitrogen and oxygen atoms in total. The van der Waals surface area contributed by atoms with Crippen LogP contribution in [0.1, 0.15) is 44.5 Å². The molecule has 2 rings (SSSR count). The van der Waals surface area contributed by atoms with Gasteiger partial charge in [0.15, 0.2) is 11.6 Å². The predicted molar refractivity (Wildman–Crippen MR) is 107 cm³/mol. The first kappa shape index (κ1) is 22.9. The zero-order chi connectivity index (χ0) is 21.4. The molecule has 1 saturated heterocycles. The molecular weight excluding hydrogens is 379 g/mol. The van der Waals surface area contributed by atoms with Crippen molar-refractivity contribution in [2.75, 3.05) is 45.9 Å². The molecule has 0 radical (unpaired) electrons. The highest BCUT2D eigenvalue weighted by Gasteiger charge is 2.25. The largest absolute Gasteiger partial charge is 0.490 e. The van der Waals surface area contributed by atoms with Gasteiger partial charge in [-0.05, 0) is 52.3 Å². The van der Waals surface area contributed by atoms with Crippen LogP contribution >= 0.6 is 0 Å². The second-order valence-corrected chi connectivity index (χ2v) is 7.88. The topological polar surface area (TPSA) is 68.3 Å². The van der Waals surface area contributed by atoms with Crippen molar-refractivity contribution in [2.45, 2.75) is 39.7 Å². The van der Waals surface area contributed by atoms with Gasteiger partial charge < -0.3 is 19.1 Å². The van der Waals surface area contributed by atoms with Crippen molar-refractivity contribution in [1.82, 2.24) is 9.80 Å². The molecule has 8 heteroatoms. The van der Waals surface area contributed by atoms with Crippen molar-refractivity contribution in [2.24, 2.45) is 0 Å². The average Bonchev–Trinajstić information content (AvgIpc) is 2.65. The normalized spacial score (nSPS) is 15.1. The highest BCUT2D eigenvalue weighted by Crippen LogP contribution is 2.19. The second-order valence-electron chi connectivity index (χ2n) is 7.88. The molecule has 1 heterocycles. The zero-order valence-electron chi connectivity index (χ0n) is 17.7. The minimum atomic E-state index is -0.582. The van der Waals surface area contributed by atoms with E-state index in [4.69, 9.17) is 14.2 Å². The number of amides is 1. The number of piperazine rings is 1. The third-order valence-electron chi connectivity index (χ3n) is 4.34. The summed E-state index contributed by atoms with van der Waals surface area (Å²) >= 11 is 0. The van der Waals surface area contributed by atoms with Crippen molar-refractivity contribution in [3.63, 3.8) is 0 Å². The number of hydrogen-bond acceptors (Lipinski definition) is 6. The Morgan fingerprint density at radius 3 is 2.41 bits per heavy atom. The second kappa shape index (κ2) is 10.4. The number of halogens is 1. The molecule has 1 aliphatic heterocycles. The Labute approximate surface area is 171 Å². The Morgan fingerprint density at radius 2 is 1.83 bits per heavy atom. The van der Waals surface area contributed by atoms with Crippen LogP contribution in [0.25, 0.3) is 0 Å². The molecule has 0 aliphatic carbocycles. The standard InChI is InChI=1S/C21H31FN2O5/c1-5-27-19(25)16-7-8-18(17(22)15-16)28-14-6-9-23-10-12-24(13-11-23)20(26)29-21(2,3)4/h7-8,15H,5-6,9-14H2,1-4H3. The summed E-state index contributed by atoms with van der Waals surface area (Å²) in [6.45, 7) is 11.4. The lowest BCUT2D eigenvalue weighted by molar-refractivity contribution is 0.0141. The quantitative estimate of drug-likeness (QED) is 0.507. The van der Waals surface area contributed by atoms with Crippen molar-refractivity contribution >= 4 is 12.1 Å². The summed E-state index contributed by atoms with van der Waals surface area (Å²) in [5, 5.41) is 0. The monoisotopic (exact) mass is 410 g/mol. The molecule has 1 aromatic rings. The van der Waals surface area contributed by atoms with Gasteiger partial charge in [0, 0.05) is 32.7 Å². The summed E-state index contributed by atoms with van der Waals surface area (Å²) in [7, 11) is 0. The van der Waals surface area contributed by atoms with Crippen molar-refractivity contribution in [3.8, 4) is 5.75 Å². The number of esters is 1. The van der Waals surface area contributed by atoms with E-state index in [2.05, 4.69) is 4.90 Å². The summed E-state index contributed by atoms with van der Waals surface area (Å²) in [4.78, 5) is 27.6. The van der Waals surface area contributed by atoms with Crippen LogP contribution in [0.15, 0.2) is 18.2 Å². The first-order chi connectivity index (χ1) is 13.7. The summed E-state index contributed by atoms with van der Waals surface area (Å²) in [5.41, 5.74) is -0.324. The SMILES string of the molecule is CCOC(=O)c1ccc(OCCCN2CCN(C(=O)OC(C)(C)C)CC2)c(F)c1. The molecule has 0 bridgehead atoms. The van der Waals surface area contributed by atoms with E-state index in [1.807, 2.05) is 20.8 Å². The van der Waals surface area contributed by atoms with Crippen LogP contribution in [0, 0.1) is 5.82 Å². The van der Waals surface area contributed by atoms with E-state index in [-0.39, 0.29) is 24.0 Å². The minimum absolute atomic E-state index is 0.118. The Morgan fingerprint density at radius 1 is 1.14 bits per heavy atom. The van der Waals surface area contributed by atoms with Gasteiger partial charge in [-0.3, -0.25) is 4.90 Å². The van der Waals surface area contributed by atoms with Gasteiger partial charge in [-0.15, -0.1) is 0 Å². The number of ether oxygens (including phenoxy) is 3. The first-order valence-corrected chi connectivity index (χ1v) is 9.99. The van der Waals surface area contributed by atoms with Gasteiger partial charge in [0.05, 0.1) is 18.8 Å². The van der Waals surface area contributed by atoms with Crippen LogP contribution in [-0.4, -0.2) is 73.4 Å². The summed E-state index contributed by atoms with van der Waals surface area (Å²) in [6.07, 6.45) is 0.452. The van der Waals surface area contributed by atoms with Crippen LogP contribution in [0.4, 0.5) is 9.18 Å². The molecule has 0 spiro atoms. The van der Waals surface area contributed by atoms with E-state index >= 15 is 0 Å². The summed E-state index contributed by atoms with van der Waals surface area (Å²) in [5.74, 6) is -1.02. The van der Waals surface area contributed by atoms with Crippen LogP contribution in [0.3, 0.4) is 0 Å². The molecule has 0 N–H and O–H groups in total. The Bertz CT molecular complexity index is 697. The molecule has 162 valence electrons. The lowest BCUT2D eigenvalue weighted by Gasteiger charge is -2.35. The number of benzene rings is 1. The summed E-state index contributed by atoms with van der Waals surface area (Å²) < 4.78 is 29.8. The van der Waals surface area contributed by atoms with E-state index in [1.165, 1.54) is 12.1 Å². The van der Waals surface area contributed by atoms with Gasteiger partial charge in [-0.2, -0.15) is 0 Å². The van der Waals surface area contributed by atoms with E-state index in [9.17, 15) is 14.0 Å². The van der Waals surface area contributed by atoms with Gasteiger partial charge in [0.2, 0.25) is 0 Å². The first-order valence-electron chi connectivity index (χ1n) is 9.99. The molecule has 1 fully saturated rings. The fraction of sp³-hybridized carbons (Fsp3) is 0.619. The van der Waals surface area contributed by atoms with Gasteiger partial charge in [0.25, 0.3) is 0 Å². The number of rotatable bonds is 7. The number of carbonyl (C=O) groups excluding carboxylic acids is 2. The van der Waals surface area contributed by atoms with Gasteiger partial charge in [0.1, 0.15) is 5.60 Å². The molecule has 0 atom stereocenters. The van der Waals surface area contributed by atoms with Crippen LogP contribution in [0.2, 0.25) is 0 Å². The number of nitrogens with zero attached hydrogens (tertiary/aromatic N) is 2. The molecule has 1 aromatic carbocycles. The smallest absolute Gasteiger partial charge is 0.410 e. The highest BCUT2D eigenvalue weighted by molar-refractivity contribution is 5.89. The number of hydrogen-bond donors (Lipinski definition) is 0. The van der Waals surface area contributed by atoms with E-state index in [1.54, 1.807) is 11.8 Å². The van der Waals surface area contributed by atoms with Crippen molar-refractivity contribution < 1.29 is 28.2 Å². The lowest BCUT2D eigenvalue weighted by atomic mass is 10.2. The molecule has 0 saturated carbocycles. The zero-order valence-corrected chi connectivity index (χ0v) is 17.7. The van der Waals surface area contributed by atoms with Crippen molar-refractivity contribution in [3.05, 3.63) is 29.6 Å². The summed E-state index contributed by atoms with van der Waals surface area (Å²) in [6, 6.07) is 4.07. The van der Waals surface area contributed by atoms with E-state index in [0.29, 0.717) is 19.7 Å². The molecule has 0 aromatic heterocycles. The van der Waals surface area contributed by atoms with Crippen LogP contribution in [0.5, 0.6) is 5.75 Å². The Balaban J connectivity index is 1.69. The maximum absolute atomic E-state index is 14.1. The minimum Gasteiger partial charge on any atom is -0.490 e. The average molecular weight is 410 g/mol. The van der Waals surface area contributed by atoms with E-state index in [0.717, 1.165) is 32.1 Å². The van der Waals surface area contributed by atoms with Gasteiger partial charge >= 0.3 is 12.1 Å². The highest BCUT2D eigenvalue weighted by atomic mass is 19.1. The molecule has 0 unspecified atom stereocenters. The fourth-order valence-electron chi connectivity index (χ4n) is 2.91.